The van der Waals surface area contributed by atoms with Crippen LogP contribution in [0.15, 0.2) is 46.3 Å². The van der Waals surface area contributed by atoms with E-state index < -0.39 is 0 Å². The van der Waals surface area contributed by atoms with E-state index in [1.54, 1.807) is 7.11 Å². The predicted molar refractivity (Wildman–Crippen MR) is 111 cm³/mol. The van der Waals surface area contributed by atoms with Crippen LogP contribution in [-0.4, -0.2) is 24.8 Å². The largest absolute Gasteiger partial charge is 0.493 e. The molecular formula is C21H22N2O3S. The Morgan fingerprint density at radius 3 is 2.63 bits per heavy atom. The monoisotopic (exact) mass is 382 g/mol. The van der Waals surface area contributed by atoms with Gasteiger partial charge in [-0.05, 0) is 79.6 Å². The molecule has 6 heteroatoms. The van der Waals surface area contributed by atoms with Gasteiger partial charge in [-0.15, -0.1) is 0 Å². The van der Waals surface area contributed by atoms with E-state index >= 15 is 0 Å². The maximum absolute atomic E-state index is 12.3. The molecule has 1 saturated heterocycles. The summed E-state index contributed by atoms with van der Waals surface area (Å²) in [4.78, 5) is 17.4. The van der Waals surface area contributed by atoms with Crippen LogP contribution in [0.2, 0.25) is 0 Å². The molecule has 1 heterocycles. The fraction of sp³-hybridized carbons (Fsp3) is 0.238. The van der Waals surface area contributed by atoms with Crippen molar-refractivity contribution in [2.75, 3.05) is 13.7 Å². The number of rotatable bonds is 5. The fourth-order valence-electron chi connectivity index (χ4n) is 2.59. The molecule has 1 amide bonds. The molecule has 1 N–H and O–H groups in total. The number of thioether (sulfide) groups is 1. The second kappa shape index (κ2) is 8.31. The van der Waals surface area contributed by atoms with Crippen molar-refractivity contribution in [3.05, 3.63) is 58.0 Å². The Morgan fingerprint density at radius 2 is 1.93 bits per heavy atom. The summed E-state index contributed by atoms with van der Waals surface area (Å²) in [5.74, 6) is 1.16. The van der Waals surface area contributed by atoms with E-state index in [2.05, 4.69) is 17.2 Å². The third kappa shape index (κ3) is 4.52. The molecule has 5 nitrogen and oxygen atoms in total. The Bertz CT molecular complexity index is 935. The van der Waals surface area contributed by atoms with Crippen LogP contribution in [0.3, 0.4) is 0 Å². The van der Waals surface area contributed by atoms with Gasteiger partial charge in [0.05, 0.1) is 24.3 Å². The molecule has 0 radical (unpaired) electrons. The van der Waals surface area contributed by atoms with Gasteiger partial charge in [0, 0.05) is 0 Å². The minimum absolute atomic E-state index is 0.157. The summed E-state index contributed by atoms with van der Waals surface area (Å²) in [6, 6.07) is 11.6. The number of amides is 1. The van der Waals surface area contributed by atoms with E-state index in [1.807, 2.05) is 56.3 Å². The van der Waals surface area contributed by atoms with Crippen molar-refractivity contribution in [3.8, 4) is 11.5 Å². The lowest BCUT2D eigenvalue weighted by Crippen LogP contribution is -2.19. The zero-order valence-corrected chi connectivity index (χ0v) is 16.6. The van der Waals surface area contributed by atoms with E-state index in [9.17, 15) is 4.79 Å². The number of hydrogen-bond acceptors (Lipinski definition) is 5. The van der Waals surface area contributed by atoms with Gasteiger partial charge in [-0.2, -0.15) is 0 Å². The molecule has 0 atom stereocenters. The lowest BCUT2D eigenvalue weighted by Gasteiger charge is -2.09. The van der Waals surface area contributed by atoms with Crippen molar-refractivity contribution in [2.45, 2.75) is 20.8 Å². The average Bonchev–Trinajstić information content (AvgIpc) is 2.98. The summed E-state index contributed by atoms with van der Waals surface area (Å²) in [5.41, 5.74) is 4.07. The average molecular weight is 382 g/mol. The number of benzene rings is 2. The van der Waals surface area contributed by atoms with Gasteiger partial charge in [-0.3, -0.25) is 4.79 Å². The van der Waals surface area contributed by atoms with Gasteiger partial charge in [0.1, 0.15) is 0 Å². The third-order valence-electron chi connectivity index (χ3n) is 4.16. The summed E-state index contributed by atoms with van der Waals surface area (Å²) in [6.07, 6.45) is 1.82. The Kier molecular flexibility index (Phi) is 5.86. The van der Waals surface area contributed by atoms with E-state index in [0.717, 1.165) is 11.3 Å². The summed E-state index contributed by atoms with van der Waals surface area (Å²) < 4.78 is 10.9. The quantitative estimate of drug-likeness (QED) is 0.768. The van der Waals surface area contributed by atoms with E-state index in [0.29, 0.717) is 28.2 Å². The van der Waals surface area contributed by atoms with Gasteiger partial charge >= 0.3 is 0 Å². The molecule has 0 aromatic heterocycles. The van der Waals surface area contributed by atoms with E-state index in [4.69, 9.17) is 9.47 Å². The number of hydrogen-bond donors (Lipinski definition) is 1. The third-order valence-corrected chi connectivity index (χ3v) is 5.07. The summed E-state index contributed by atoms with van der Waals surface area (Å²) in [7, 11) is 1.60. The summed E-state index contributed by atoms with van der Waals surface area (Å²) >= 11 is 1.32. The minimum atomic E-state index is -0.157. The van der Waals surface area contributed by atoms with Crippen molar-refractivity contribution in [1.29, 1.82) is 0 Å². The number of aryl methyl sites for hydroxylation is 2. The van der Waals surface area contributed by atoms with E-state index in [-0.39, 0.29) is 5.91 Å². The Hall–Kier alpha value is -2.73. The van der Waals surface area contributed by atoms with Crippen molar-refractivity contribution < 1.29 is 14.3 Å². The Morgan fingerprint density at radius 1 is 1.11 bits per heavy atom. The van der Waals surface area contributed by atoms with Crippen LogP contribution in [0.25, 0.3) is 6.08 Å². The Balaban J connectivity index is 1.82. The highest BCUT2D eigenvalue weighted by Gasteiger charge is 2.24. The molecule has 140 valence electrons. The molecule has 0 bridgehead atoms. The number of aliphatic imine (C=N–C) groups is 1. The first kappa shape index (κ1) is 19.0. The number of carbonyl (C=O) groups is 1. The number of methoxy groups -OCH3 is 1. The lowest BCUT2D eigenvalue weighted by molar-refractivity contribution is -0.115. The minimum Gasteiger partial charge on any atom is -0.493 e. The van der Waals surface area contributed by atoms with Gasteiger partial charge < -0.3 is 14.8 Å². The van der Waals surface area contributed by atoms with Crippen LogP contribution >= 0.6 is 11.8 Å². The number of amidine groups is 1. The second-order valence-corrected chi connectivity index (χ2v) is 7.12. The zero-order valence-electron chi connectivity index (χ0n) is 15.8. The van der Waals surface area contributed by atoms with Crippen LogP contribution in [0, 0.1) is 13.8 Å². The molecule has 1 aliphatic rings. The number of nitrogens with zero attached hydrogens (tertiary/aromatic N) is 1. The fourth-order valence-corrected chi connectivity index (χ4v) is 3.43. The molecular weight excluding hydrogens is 360 g/mol. The highest BCUT2D eigenvalue weighted by atomic mass is 32.2. The topological polar surface area (TPSA) is 59.9 Å². The number of carbonyl (C=O) groups excluding carboxylic acids is 1. The normalized spacial score (nSPS) is 16.7. The standard InChI is InChI=1S/C21H22N2O3S/c1-5-26-17-9-7-15(11-18(17)25-4)12-19-20(24)23-21(27-19)22-16-8-6-13(2)14(3)10-16/h6-12H,5H2,1-4H3,(H,22,23,24)/b19-12-. The molecule has 2 aromatic carbocycles. The van der Waals surface area contributed by atoms with Gasteiger partial charge in [-0.25, -0.2) is 4.99 Å². The zero-order chi connectivity index (χ0) is 19.4. The van der Waals surface area contributed by atoms with Crippen molar-refractivity contribution in [3.63, 3.8) is 0 Å². The maximum atomic E-state index is 12.3. The van der Waals surface area contributed by atoms with Crippen LogP contribution in [0.1, 0.15) is 23.6 Å². The highest BCUT2D eigenvalue weighted by molar-refractivity contribution is 8.18. The van der Waals surface area contributed by atoms with Gasteiger partial charge in [0.2, 0.25) is 0 Å². The lowest BCUT2D eigenvalue weighted by atomic mass is 10.1. The predicted octanol–water partition coefficient (Wildman–Crippen LogP) is 4.60. The van der Waals surface area contributed by atoms with Gasteiger partial charge in [0.25, 0.3) is 5.91 Å². The summed E-state index contributed by atoms with van der Waals surface area (Å²) in [5, 5.41) is 3.39. The number of ether oxygens (including phenoxy) is 2. The summed E-state index contributed by atoms with van der Waals surface area (Å²) in [6.45, 7) is 6.59. The van der Waals surface area contributed by atoms with Crippen LogP contribution in [0.5, 0.6) is 11.5 Å². The number of nitrogens with one attached hydrogen (secondary N) is 1. The van der Waals surface area contributed by atoms with Crippen LogP contribution in [0.4, 0.5) is 5.69 Å². The maximum Gasteiger partial charge on any atom is 0.264 e. The smallest absolute Gasteiger partial charge is 0.264 e. The molecule has 1 fully saturated rings. The molecule has 0 saturated carbocycles. The molecule has 1 aliphatic heterocycles. The van der Waals surface area contributed by atoms with Crippen molar-refractivity contribution in [2.24, 2.45) is 4.99 Å². The first-order chi connectivity index (χ1) is 13.0. The molecule has 3 rings (SSSR count). The van der Waals surface area contributed by atoms with E-state index in [1.165, 1.54) is 22.9 Å². The second-order valence-electron chi connectivity index (χ2n) is 6.09. The van der Waals surface area contributed by atoms with Gasteiger partial charge in [0.15, 0.2) is 16.7 Å². The first-order valence-electron chi connectivity index (χ1n) is 8.68. The van der Waals surface area contributed by atoms with Crippen molar-refractivity contribution >= 4 is 34.6 Å². The first-order valence-corrected chi connectivity index (χ1v) is 9.49. The molecule has 2 aromatic rings. The van der Waals surface area contributed by atoms with Crippen LogP contribution in [-0.2, 0) is 4.79 Å². The SMILES string of the molecule is CCOc1ccc(/C=C2\SC(=Nc3ccc(C)c(C)c3)NC2=O)cc1OC. The Labute approximate surface area is 163 Å². The molecule has 0 unspecified atom stereocenters. The highest BCUT2D eigenvalue weighted by Crippen LogP contribution is 2.32. The van der Waals surface area contributed by atoms with Gasteiger partial charge in [-0.1, -0.05) is 12.1 Å². The molecule has 0 aliphatic carbocycles. The van der Waals surface area contributed by atoms with Crippen LogP contribution < -0.4 is 14.8 Å². The molecule has 0 spiro atoms. The van der Waals surface area contributed by atoms with Crippen molar-refractivity contribution in [1.82, 2.24) is 5.32 Å². The molecule has 27 heavy (non-hydrogen) atoms.